The third-order valence-electron chi connectivity index (χ3n) is 5.73. The molecule has 0 aromatic heterocycles. The molecular formula is C27H24N2. The summed E-state index contributed by atoms with van der Waals surface area (Å²) >= 11 is 0. The Labute approximate surface area is 172 Å². The van der Waals surface area contributed by atoms with Gasteiger partial charge in [-0.3, -0.25) is 0 Å². The molecule has 4 aromatic rings. The molecule has 142 valence electrons. The first kappa shape index (κ1) is 18.8. The van der Waals surface area contributed by atoms with E-state index in [1.54, 1.807) is 0 Å². The van der Waals surface area contributed by atoms with E-state index < -0.39 is 5.41 Å². The van der Waals surface area contributed by atoms with E-state index in [2.05, 4.69) is 85.0 Å². The second kappa shape index (κ2) is 8.20. The van der Waals surface area contributed by atoms with E-state index in [-0.39, 0.29) is 6.04 Å². The number of nitriles is 1. The zero-order chi connectivity index (χ0) is 20.1. The van der Waals surface area contributed by atoms with Gasteiger partial charge in [-0.25, -0.2) is 0 Å². The fourth-order valence-electron chi connectivity index (χ4n) is 4.10. The molecule has 0 aliphatic carbocycles. The summed E-state index contributed by atoms with van der Waals surface area (Å²) < 4.78 is 0. The van der Waals surface area contributed by atoms with Crippen LogP contribution in [-0.2, 0) is 5.41 Å². The summed E-state index contributed by atoms with van der Waals surface area (Å²) in [6, 6.07) is 37.6. The summed E-state index contributed by atoms with van der Waals surface area (Å²) in [5, 5.41) is 16.5. The zero-order valence-electron chi connectivity index (χ0n) is 16.5. The highest BCUT2D eigenvalue weighted by Gasteiger charge is 2.40. The maximum absolute atomic E-state index is 10.4. The molecule has 0 fully saturated rings. The molecular weight excluding hydrogens is 352 g/mol. The van der Waals surface area contributed by atoms with E-state index in [4.69, 9.17) is 0 Å². The molecule has 1 N–H and O–H groups in total. The predicted molar refractivity (Wildman–Crippen MR) is 121 cm³/mol. The average molecular weight is 377 g/mol. The molecule has 29 heavy (non-hydrogen) atoms. The lowest BCUT2D eigenvalue weighted by molar-refractivity contribution is 0.454. The molecule has 2 nitrogen and oxygen atoms in total. The first-order valence-electron chi connectivity index (χ1n) is 10.0. The van der Waals surface area contributed by atoms with Gasteiger partial charge in [-0.1, -0.05) is 97.9 Å². The second-order valence-electron chi connectivity index (χ2n) is 7.35. The Balaban J connectivity index is 1.84. The topological polar surface area (TPSA) is 35.8 Å². The van der Waals surface area contributed by atoms with Gasteiger partial charge in [0.05, 0.1) is 12.1 Å². The molecule has 0 heterocycles. The SMILES string of the molecule is CC[C@](C#N)(c1ccccc1)[C@H](Nc1ccc2ccccc2c1)c1ccccc1. The Hall–Kier alpha value is -3.57. The summed E-state index contributed by atoms with van der Waals surface area (Å²) in [6.45, 7) is 2.09. The minimum Gasteiger partial charge on any atom is -0.376 e. The van der Waals surface area contributed by atoms with E-state index in [1.807, 2.05) is 36.4 Å². The molecule has 0 saturated heterocycles. The first-order chi connectivity index (χ1) is 14.3. The van der Waals surface area contributed by atoms with Crippen molar-refractivity contribution < 1.29 is 0 Å². The molecule has 0 unspecified atom stereocenters. The number of fused-ring (bicyclic) bond motifs is 1. The largest absolute Gasteiger partial charge is 0.376 e. The van der Waals surface area contributed by atoms with Crippen LogP contribution in [0.1, 0.15) is 30.5 Å². The molecule has 0 amide bonds. The summed E-state index contributed by atoms with van der Waals surface area (Å²) in [6.07, 6.45) is 0.702. The van der Waals surface area contributed by atoms with Gasteiger partial charge in [0.1, 0.15) is 5.41 Å². The zero-order valence-corrected chi connectivity index (χ0v) is 16.5. The number of nitrogens with zero attached hydrogens (tertiary/aromatic N) is 1. The molecule has 0 aliphatic rings. The summed E-state index contributed by atoms with van der Waals surface area (Å²) in [5.41, 5.74) is 2.47. The third-order valence-corrected chi connectivity index (χ3v) is 5.73. The quantitative estimate of drug-likeness (QED) is 0.399. The van der Waals surface area contributed by atoms with Crippen molar-refractivity contribution in [2.45, 2.75) is 24.8 Å². The maximum Gasteiger partial charge on any atom is 0.106 e. The van der Waals surface area contributed by atoms with Gasteiger partial charge in [-0.05, 0) is 40.5 Å². The number of rotatable bonds is 6. The fraction of sp³-hybridized carbons (Fsp3) is 0.148. The molecule has 4 rings (SSSR count). The minimum atomic E-state index is -0.686. The van der Waals surface area contributed by atoms with Gasteiger partial charge < -0.3 is 5.32 Å². The van der Waals surface area contributed by atoms with Crippen LogP contribution in [0.15, 0.2) is 103 Å². The monoisotopic (exact) mass is 376 g/mol. The van der Waals surface area contributed by atoms with Crippen LogP contribution in [0, 0.1) is 11.3 Å². The van der Waals surface area contributed by atoms with Crippen LogP contribution >= 0.6 is 0 Å². The molecule has 0 radical (unpaired) electrons. The van der Waals surface area contributed by atoms with Crippen molar-refractivity contribution in [1.29, 1.82) is 5.26 Å². The van der Waals surface area contributed by atoms with Gasteiger partial charge >= 0.3 is 0 Å². The number of benzene rings is 4. The first-order valence-corrected chi connectivity index (χ1v) is 10.0. The number of anilines is 1. The van der Waals surface area contributed by atoms with Crippen molar-refractivity contribution in [3.8, 4) is 6.07 Å². The van der Waals surface area contributed by atoms with Crippen molar-refractivity contribution in [3.05, 3.63) is 114 Å². The number of hydrogen-bond acceptors (Lipinski definition) is 2. The van der Waals surface area contributed by atoms with E-state index in [1.165, 1.54) is 10.8 Å². The van der Waals surface area contributed by atoms with Gasteiger partial charge in [-0.15, -0.1) is 0 Å². The Morgan fingerprint density at radius 1 is 0.793 bits per heavy atom. The van der Waals surface area contributed by atoms with Crippen molar-refractivity contribution in [2.75, 3.05) is 5.32 Å². The third kappa shape index (κ3) is 3.60. The Morgan fingerprint density at radius 3 is 2.07 bits per heavy atom. The van der Waals surface area contributed by atoms with Crippen LogP contribution in [0.25, 0.3) is 10.8 Å². The predicted octanol–water partition coefficient (Wildman–Crippen LogP) is 6.86. The maximum atomic E-state index is 10.4. The van der Waals surface area contributed by atoms with Crippen LogP contribution in [0.3, 0.4) is 0 Å². The molecule has 0 saturated carbocycles. The second-order valence-corrected chi connectivity index (χ2v) is 7.35. The van der Waals surface area contributed by atoms with Crippen LogP contribution in [0.5, 0.6) is 0 Å². The lowest BCUT2D eigenvalue weighted by Crippen LogP contribution is -2.36. The van der Waals surface area contributed by atoms with Gasteiger partial charge in [0.15, 0.2) is 0 Å². The van der Waals surface area contributed by atoms with Crippen molar-refractivity contribution in [3.63, 3.8) is 0 Å². The highest BCUT2D eigenvalue weighted by atomic mass is 14.9. The highest BCUT2D eigenvalue weighted by molar-refractivity contribution is 5.85. The Kier molecular flexibility index (Phi) is 5.31. The molecule has 2 atom stereocenters. The number of nitrogens with one attached hydrogen (secondary N) is 1. The molecule has 4 aromatic carbocycles. The number of hydrogen-bond donors (Lipinski definition) is 1. The van der Waals surface area contributed by atoms with Gasteiger partial charge in [0.2, 0.25) is 0 Å². The molecule has 0 aliphatic heterocycles. The van der Waals surface area contributed by atoms with Crippen LogP contribution < -0.4 is 5.32 Å². The molecule has 0 bridgehead atoms. The van der Waals surface area contributed by atoms with Crippen molar-refractivity contribution in [1.82, 2.24) is 0 Å². The minimum absolute atomic E-state index is 0.178. The van der Waals surface area contributed by atoms with Crippen molar-refractivity contribution >= 4 is 16.5 Å². The fourth-order valence-corrected chi connectivity index (χ4v) is 4.10. The summed E-state index contributed by atoms with van der Waals surface area (Å²) in [5.74, 6) is 0. The molecule has 2 heteroatoms. The van der Waals surface area contributed by atoms with Crippen LogP contribution in [-0.4, -0.2) is 0 Å². The standard InChI is InChI=1S/C27H24N2/c1-2-27(20-28,24-15-7-4-8-16-24)26(22-12-5-3-6-13-22)29-25-18-17-21-11-9-10-14-23(21)19-25/h3-19,26,29H,2H2,1H3/t26-,27+/m1/s1. The van der Waals surface area contributed by atoms with Crippen LogP contribution in [0.4, 0.5) is 5.69 Å². The Bertz CT molecular complexity index is 1130. The van der Waals surface area contributed by atoms with Crippen molar-refractivity contribution in [2.24, 2.45) is 0 Å². The van der Waals surface area contributed by atoms with Gasteiger partial charge in [-0.2, -0.15) is 5.26 Å². The summed E-state index contributed by atoms with van der Waals surface area (Å²) in [4.78, 5) is 0. The van der Waals surface area contributed by atoms with Gasteiger partial charge in [0.25, 0.3) is 0 Å². The van der Waals surface area contributed by atoms with E-state index in [0.717, 1.165) is 16.8 Å². The average Bonchev–Trinajstić information content (AvgIpc) is 2.80. The highest BCUT2D eigenvalue weighted by Crippen LogP contribution is 2.42. The lowest BCUT2D eigenvalue weighted by Gasteiger charge is -2.36. The normalized spacial score (nSPS) is 13.9. The van der Waals surface area contributed by atoms with E-state index in [9.17, 15) is 5.26 Å². The summed E-state index contributed by atoms with van der Waals surface area (Å²) in [7, 11) is 0. The lowest BCUT2D eigenvalue weighted by atomic mass is 9.70. The molecule has 0 spiro atoms. The van der Waals surface area contributed by atoms with E-state index in [0.29, 0.717) is 6.42 Å². The van der Waals surface area contributed by atoms with Crippen LogP contribution in [0.2, 0.25) is 0 Å². The van der Waals surface area contributed by atoms with E-state index >= 15 is 0 Å². The van der Waals surface area contributed by atoms with Gasteiger partial charge in [0, 0.05) is 5.69 Å². The Morgan fingerprint density at radius 2 is 1.41 bits per heavy atom. The smallest absolute Gasteiger partial charge is 0.106 e.